The van der Waals surface area contributed by atoms with E-state index < -0.39 is 0 Å². The minimum absolute atomic E-state index is 0.0312. The molecule has 0 atom stereocenters. The van der Waals surface area contributed by atoms with Gasteiger partial charge in [0, 0.05) is 56.0 Å². The molecule has 3 nitrogen and oxygen atoms in total. The second-order valence-corrected chi connectivity index (χ2v) is 23.1. The van der Waals surface area contributed by atoms with E-state index in [0.29, 0.717) is 0 Å². The van der Waals surface area contributed by atoms with Crippen LogP contribution in [0.5, 0.6) is 0 Å². The van der Waals surface area contributed by atoms with Gasteiger partial charge in [-0.25, -0.2) is 0 Å². The first-order valence-electron chi connectivity index (χ1n) is 25.6. The van der Waals surface area contributed by atoms with Gasteiger partial charge in [0.05, 0.1) is 11.0 Å². The molecule has 2 aliphatic heterocycles. The Morgan fingerprint density at radius 3 is 1.80 bits per heavy atom. The first-order valence-corrected chi connectivity index (χ1v) is 25.6. The lowest BCUT2D eigenvalue weighted by Gasteiger charge is -2.47. The Kier molecular flexibility index (Phi) is 9.32. The third kappa shape index (κ3) is 6.36. The molecule has 346 valence electrons. The summed E-state index contributed by atoms with van der Waals surface area (Å²) in [5.41, 5.74) is 28.0. The van der Waals surface area contributed by atoms with E-state index in [1.54, 1.807) is 0 Å². The van der Waals surface area contributed by atoms with E-state index in [9.17, 15) is 0 Å². The SMILES string of the molecule is Cc1cc(C(C)(C)C)cc2c1N(c1ccccc1)c1c(C)c(C(C)(C)C)cc3c1B2c1cc2c4ccccc4n(-c4ccccc4)c2cc1N3c1ccc(-c2ccc3c(c2)C(C)(C)c2ccccc2-3)cc1. The van der Waals surface area contributed by atoms with Gasteiger partial charge < -0.3 is 14.4 Å². The smallest absolute Gasteiger partial charge is 0.252 e. The molecule has 3 heterocycles. The summed E-state index contributed by atoms with van der Waals surface area (Å²) in [7, 11) is 0. The predicted molar refractivity (Wildman–Crippen MR) is 305 cm³/mol. The molecule has 0 unspecified atom stereocenters. The zero-order valence-electron chi connectivity index (χ0n) is 42.7. The number of nitrogens with zero attached hydrogens (tertiary/aromatic N) is 3. The lowest BCUT2D eigenvalue weighted by Crippen LogP contribution is -2.62. The Morgan fingerprint density at radius 1 is 0.451 bits per heavy atom. The highest BCUT2D eigenvalue weighted by Gasteiger charge is 2.47. The summed E-state index contributed by atoms with van der Waals surface area (Å²) in [4.78, 5) is 5.24. The van der Waals surface area contributed by atoms with Gasteiger partial charge in [-0.2, -0.15) is 0 Å². The molecule has 0 amide bonds. The highest BCUT2D eigenvalue weighted by atomic mass is 15.2. The van der Waals surface area contributed by atoms with Crippen molar-refractivity contribution < 1.29 is 0 Å². The summed E-state index contributed by atoms with van der Waals surface area (Å²) in [6, 6.07) is 69.2. The maximum atomic E-state index is 2.62. The van der Waals surface area contributed by atoms with Crippen molar-refractivity contribution in [2.75, 3.05) is 9.80 Å². The Hall–Kier alpha value is -7.56. The van der Waals surface area contributed by atoms with Gasteiger partial charge in [-0.05, 0) is 157 Å². The first-order chi connectivity index (χ1) is 34.1. The average Bonchev–Trinajstić information content (AvgIpc) is 3.81. The Balaban J connectivity index is 1.12. The number of hydrogen-bond acceptors (Lipinski definition) is 2. The molecular weight excluding hydrogens is 858 g/mol. The molecule has 0 bridgehead atoms. The minimum atomic E-state index is -0.140. The maximum Gasteiger partial charge on any atom is 0.252 e. The molecule has 0 radical (unpaired) electrons. The minimum Gasteiger partial charge on any atom is -0.311 e. The number of anilines is 6. The molecule has 0 spiro atoms. The fourth-order valence-corrected chi connectivity index (χ4v) is 12.9. The van der Waals surface area contributed by atoms with Crippen LogP contribution in [0.3, 0.4) is 0 Å². The third-order valence-corrected chi connectivity index (χ3v) is 16.3. The predicted octanol–water partition coefficient (Wildman–Crippen LogP) is 16.1. The van der Waals surface area contributed by atoms with Crippen molar-refractivity contribution in [2.45, 2.75) is 85.5 Å². The number of aryl methyl sites for hydroxylation is 1. The van der Waals surface area contributed by atoms with Gasteiger partial charge in [-0.15, -0.1) is 0 Å². The van der Waals surface area contributed by atoms with E-state index >= 15 is 0 Å². The van der Waals surface area contributed by atoms with Crippen molar-refractivity contribution in [2.24, 2.45) is 0 Å². The van der Waals surface area contributed by atoms with Crippen LogP contribution in [0.2, 0.25) is 0 Å². The van der Waals surface area contributed by atoms with Gasteiger partial charge in [0.15, 0.2) is 0 Å². The summed E-state index contributed by atoms with van der Waals surface area (Å²) in [6.45, 7) is 23.6. The number of aromatic nitrogens is 1. The lowest BCUT2D eigenvalue weighted by molar-refractivity contribution is 0.586. The van der Waals surface area contributed by atoms with E-state index in [2.05, 4.69) is 266 Å². The van der Waals surface area contributed by atoms with Crippen LogP contribution >= 0.6 is 0 Å². The summed E-state index contributed by atoms with van der Waals surface area (Å²) >= 11 is 0. The Labute approximate surface area is 420 Å². The van der Waals surface area contributed by atoms with Crippen molar-refractivity contribution in [3.05, 3.63) is 215 Å². The van der Waals surface area contributed by atoms with Crippen molar-refractivity contribution >= 4 is 79.0 Å². The second kappa shape index (κ2) is 15.2. The molecule has 3 aliphatic rings. The van der Waals surface area contributed by atoms with Gasteiger partial charge in [-0.3, -0.25) is 0 Å². The van der Waals surface area contributed by atoms with Crippen LogP contribution in [0, 0.1) is 13.8 Å². The van der Waals surface area contributed by atoms with Crippen molar-refractivity contribution in [1.29, 1.82) is 0 Å². The quantitative estimate of drug-likeness (QED) is 0.163. The molecule has 0 saturated heterocycles. The van der Waals surface area contributed by atoms with Gasteiger partial charge in [0.1, 0.15) is 0 Å². The van der Waals surface area contributed by atoms with E-state index in [1.807, 2.05) is 0 Å². The van der Waals surface area contributed by atoms with Crippen molar-refractivity contribution in [3.63, 3.8) is 0 Å². The van der Waals surface area contributed by atoms with E-state index in [-0.39, 0.29) is 23.0 Å². The van der Waals surface area contributed by atoms with Crippen LogP contribution < -0.4 is 26.2 Å². The van der Waals surface area contributed by atoms with Crippen molar-refractivity contribution in [1.82, 2.24) is 4.57 Å². The first kappa shape index (κ1) is 43.5. The molecule has 13 rings (SSSR count). The lowest BCUT2D eigenvalue weighted by atomic mass is 9.32. The van der Waals surface area contributed by atoms with Crippen LogP contribution in [0.1, 0.15) is 88.8 Å². The van der Waals surface area contributed by atoms with Gasteiger partial charge in [0.25, 0.3) is 6.71 Å². The standard InChI is InChI=1S/C67H60BN3/c1-41-35-45(65(3,4)5)37-57-63(41)71(47-23-15-12-16-24-47)64-42(2)54(66(6,7)8)39-61-62(64)68(57)56-38-52-51-26-18-20-28-58(51)69(46-21-13-11-14-22-46)59(52)40-60(56)70(61)48-32-29-43(30-33-48)44-31-34-50-49-25-17-19-27-53(49)67(9,10)55(50)36-44/h11-40H,1-10H3. The Bertz CT molecular complexity index is 3830. The number of hydrogen-bond donors (Lipinski definition) is 0. The van der Waals surface area contributed by atoms with Gasteiger partial charge >= 0.3 is 0 Å². The fourth-order valence-electron chi connectivity index (χ4n) is 12.9. The van der Waals surface area contributed by atoms with Crippen molar-refractivity contribution in [3.8, 4) is 27.9 Å². The summed E-state index contributed by atoms with van der Waals surface area (Å²) in [5, 5.41) is 2.53. The Morgan fingerprint density at radius 2 is 1.08 bits per heavy atom. The fraction of sp³-hybridized carbons (Fsp3) is 0.194. The van der Waals surface area contributed by atoms with Gasteiger partial charge in [0.2, 0.25) is 0 Å². The third-order valence-electron chi connectivity index (χ3n) is 16.3. The summed E-state index contributed by atoms with van der Waals surface area (Å²) in [5.74, 6) is 0. The number of para-hydroxylation sites is 3. The highest BCUT2D eigenvalue weighted by molar-refractivity contribution is 7.00. The number of benzene rings is 9. The average molecular weight is 918 g/mol. The second-order valence-electron chi connectivity index (χ2n) is 23.1. The van der Waals surface area contributed by atoms with E-state index in [4.69, 9.17) is 0 Å². The van der Waals surface area contributed by atoms with Gasteiger partial charge in [-0.1, -0.05) is 177 Å². The van der Waals surface area contributed by atoms with E-state index in [0.717, 1.165) is 11.4 Å². The van der Waals surface area contributed by atoms with Crippen LogP contribution in [0.15, 0.2) is 182 Å². The zero-order chi connectivity index (χ0) is 48.9. The molecular formula is C67H60BN3. The molecule has 0 N–H and O–H groups in total. The number of rotatable bonds is 4. The maximum absolute atomic E-state index is 2.62. The molecule has 1 aromatic heterocycles. The monoisotopic (exact) mass is 917 g/mol. The molecule has 0 fully saturated rings. The van der Waals surface area contributed by atoms with Crippen LogP contribution in [-0.2, 0) is 16.2 Å². The summed E-state index contributed by atoms with van der Waals surface area (Å²) < 4.78 is 2.48. The largest absolute Gasteiger partial charge is 0.311 e. The molecule has 1 aliphatic carbocycles. The molecule has 10 aromatic rings. The normalized spacial score (nSPS) is 14.4. The summed E-state index contributed by atoms with van der Waals surface area (Å²) in [6.07, 6.45) is 0. The highest BCUT2D eigenvalue weighted by Crippen LogP contribution is 2.52. The number of fused-ring (bicyclic) bond motifs is 10. The topological polar surface area (TPSA) is 11.4 Å². The molecule has 9 aromatic carbocycles. The molecule has 4 heteroatoms. The van der Waals surface area contributed by atoms with Crippen LogP contribution in [0.4, 0.5) is 34.1 Å². The van der Waals surface area contributed by atoms with Crippen LogP contribution in [-0.4, -0.2) is 11.3 Å². The van der Waals surface area contributed by atoms with Crippen LogP contribution in [0.25, 0.3) is 49.7 Å². The zero-order valence-corrected chi connectivity index (χ0v) is 42.7. The molecule has 0 saturated carbocycles. The molecule has 71 heavy (non-hydrogen) atoms. The van der Waals surface area contributed by atoms with E-state index in [1.165, 1.54) is 122 Å².